The van der Waals surface area contributed by atoms with E-state index in [1.54, 1.807) is 7.11 Å². The zero-order valence-corrected chi connectivity index (χ0v) is 11.7. The van der Waals surface area contributed by atoms with E-state index in [1.165, 1.54) is 6.07 Å². The van der Waals surface area contributed by atoms with Crippen molar-refractivity contribution >= 4 is 21.6 Å². The molecule has 0 aliphatic carbocycles. The van der Waals surface area contributed by atoms with Gasteiger partial charge in [0, 0.05) is 26.3 Å². The predicted octanol–water partition coefficient (Wildman–Crippen LogP) is 3.19. The molecule has 0 saturated heterocycles. The first-order valence-electron chi connectivity index (χ1n) is 5.60. The van der Waals surface area contributed by atoms with Crippen LogP contribution >= 0.6 is 15.9 Å². The van der Waals surface area contributed by atoms with Crippen LogP contribution in [0, 0.1) is 11.6 Å². The first-order chi connectivity index (χ1) is 8.65. The molecule has 0 radical (unpaired) electrons. The molecule has 0 spiro atoms. The molecule has 18 heavy (non-hydrogen) atoms. The van der Waals surface area contributed by atoms with Gasteiger partial charge in [-0.1, -0.05) is 0 Å². The molecule has 1 N–H and O–H groups in total. The van der Waals surface area contributed by atoms with E-state index < -0.39 is 11.6 Å². The average Bonchev–Trinajstić information content (AvgIpc) is 2.34. The fraction of sp³-hybridized carbons (Fsp3) is 0.500. The van der Waals surface area contributed by atoms with Gasteiger partial charge in [0.05, 0.1) is 23.4 Å². The van der Waals surface area contributed by atoms with Gasteiger partial charge in [0.15, 0.2) is 0 Å². The lowest BCUT2D eigenvalue weighted by atomic mass is 10.3. The number of hydrogen-bond donors (Lipinski definition) is 1. The van der Waals surface area contributed by atoms with Crippen molar-refractivity contribution in [3.8, 4) is 0 Å². The lowest BCUT2D eigenvalue weighted by Crippen LogP contribution is -2.09. The fourth-order valence-electron chi connectivity index (χ4n) is 1.30. The summed E-state index contributed by atoms with van der Waals surface area (Å²) in [5.74, 6) is -1.21. The molecular formula is C12H16BrF2NO2. The van der Waals surface area contributed by atoms with Crippen molar-refractivity contribution in [3.63, 3.8) is 0 Å². The lowest BCUT2D eigenvalue weighted by Gasteiger charge is -2.09. The van der Waals surface area contributed by atoms with Gasteiger partial charge in [-0.2, -0.15) is 0 Å². The Morgan fingerprint density at radius 2 is 1.94 bits per heavy atom. The molecule has 0 aliphatic heterocycles. The normalized spacial score (nSPS) is 10.7. The first-order valence-corrected chi connectivity index (χ1v) is 6.39. The number of anilines is 1. The average molecular weight is 324 g/mol. The van der Waals surface area contributed by atoms with Gasteiger partial charge in [-0.05, 0) is 28.4 Å². The third-order valence-corrected chi connectivity index (χ3v) is 2.83. The van der Waals surface area contributed by atoms with E-state index in [9.17, 15) is 8.78 Å². The number of nitrogens with one attached hydrogen (secondary N) is 1. The Bertz CT molecular complexity index is 377. The summed E-state index contributed by atoms with van der Waals surface area (Å²) in [6.07, 6.45) is 0.734. The number of ether oxygens (including phenoxy) is 2. The van der Waals surface area contributed by atoms with E-state index in [2.05, 4.69) is 21.2 Å². The highest BCUT2D eigenvalue weighted by molar-refractivity contribution is 9.10. The minimum atomic E-state index is -0.610. The largest absolute Gasteiger partial charge is 0.383 e. The van der Waals surface area contributed by atoms with Crippen molar-refractivity contribution in [1.29, 1.82) is 0 Å². The molecule has 1 rings (SSSR count). The molecule has 1 aromatic rings. The van der Waals surface area contributed by atoms with Gasteiger partial charge in [-0.15, -0.1) is 0 Å². The molecule has 0 aliphatic rings. The Hall–Kier alpha value is -0.720. The smallest absolute Gasteiger partial charge is 0.149 e. The van der Waals surface area contributed by atoms with E-state index in [-0.39, 0.29) is 10.2 Å². The Labute approximate surface area is 114 Å². The Kier molecular flexibility index (Phi) is 7.15. The number of rotatable bonds is 8. The van der Waals surface area contributed by atoms with Gasteiger partial charge >= 0.3 is 0 Å². The predicted molar refractivity (Wildman–Crippen MR) is 69.9 cm³/mol. The van der Waals surface area contributed by atoms with Crippen LogP contribution in [0.15, 0.2) is 16.6 Å². The van der Waals surface area contributed by atoms with Crippen molar-refractivity contribution in [1.82, 2.24) is 0 Å². The van der Waals surface area contributed by atoms with Crippen molar-refractivity contribution < 1.29 is 18.3 Å². The molecule has 0 amide bonds. The van der Waals surface area contributed by atoms with Crippen molar-refractivity contribution in [2.75, 3.05) is 38.8 Å². The highest BCUT2D eigenvalue weighted by atomic mass is 79.9. The van der Waals surface area contributed by atoms with E-state index in [1.807, 2.05) is 0 Å². The molecule has 0 fully saturated rings. The van der Waals surface area contributed by atoms with E-state index in [0.29, 0.717) is 26.4 Å². The molecule has 0 bridgehead atoms. The third kappa shape index (κ3) is 5.29. The van der Waals surface area contributed by atoms with Gasteiger partial charge in [0.1, 0.15) is 11.6 Å². The fourth-order valence-corrected chi connectivity index (χ4v) is 1.64. The summed E-state index contributed by atoms with van der Waals surface area (Å²) in [6, 6.07) is 2.23. The summed E-state index contributed by atoms with van der Waals surface area (Å²) in [7, 11) is 1.61. The third-order valence-electron chi connectivity index (χ3n) is 2.22. The standard InChI is InChI=1S/C12H16BrF2NO2/c1-17-5-6-18-4-2-3-16-12-7-9(13)10(14)8-11(12)15/h7-8,16H,2-6H2,1H3. The SMILES string of the molecule is COCCOCCCNc1cc(Br)c(F)cc1F. The number of methoxy groups -OCH3 is 1. The summed E-state index contributed by atoms with van der Waals surface area (Å²) in [5, 5.41) is 2.89. The van der Waals surface area contributed by atoms with Crippen LogP contribution < -0.4 is 5.32 Å². The molecule has 0 heterocycles. The van der Waals surface area contributed by atoms with E-state index in [4.69, 9.17) is 9.47 Å². The number of hydrogen-bond acceptors (Lipinski definition) is 3. The summed E-state index contributed by atoms with van der Waals surface area (Å²) in [5.41, 5.74) is 0.278. The topological polar surface area (TPSA) is 30.5 Å². The summed E-state index contributed by atoms with van der Waals surface area (Å²) in [6.45, 7) is 2.24. The lowest BCUT2D eigenvalue weighted by molar-refractivity contribution is 0.0705. The first kappa shape index (κ1) is 15.3. The van der Waals surface area contributed by atoms with Gasteiger partial charge in [-0.3, -0.25) is 0 Å². The molecule has 0 unspecified atom stereocenters. The molecule has 0 aromatic heterocycles. The van der Waals surface area contributed by atoms with E-state index >= 15 is 0 Å². The Balaban J connectivity index is 2.25. The summed E-state index contributed by atoms with van der Waals surface area (Å²) in [4.78, 5) is 0. The quantitative estimate of drug-likeness (QED) is 0.588. The molecule has 102 valence electrons. The molecule has 6 heteroatoms. The Morgan fingerprint density at radius 3 is 2.67 bits per heavy atom. The minimum Gasteiger partial charge on any atom is -0.383 e. The monoisotopic (exact) mass is 323 g/mol. The van der Waals surface area contributed by atoms with Crippen LogP contribution in [0.5, 0.6) is 0 Å². The molecular weight excluding hydrogens is 308 g/mol. The molecule has 0 saturated carbocycles. The second-order valence-electron chi connectivity index (χ2n) is 3.63. The summed E-state index contributed by atoms with van der Waals surface area (Å²) < 4.78 is 36.6. The molecule has 3 nitrogen and oxygen atoms in total. The van der Waals surface area contributed by atoms with Crippen LogP contribution in [0.1, 0.15) is 6.42 Å². The Morgan fingerprint density at radius 1 is 1.17 bits per heavy atom. The van der Waals surface area contributed by atoms with Gasteiger partial charge in [-0.25, -0.2) is 8.78 Å². The number of benzene rings is 1. The van der Waals surface area contributed by atoms with Crippen LogP contribution in [0.25, 0.3) is 0 Å². The van der Waals surface area contributed by atoms with Crippen molar-refractivity contribution in [3.05, 3.63) is 28.2 Å². The second kappa shape index (κ2) is 8.39. The van der Waals surface area contributed by atoms with Crippen LogP contribution in [-0.2, 0) is 9.47 Å². The zero-order valence-electron chi connectivity index (χ0n) is 10.1. The van der Waals surface area contributed by atoms with Crippen LogP contribution in [0.2, 0.25) is 0 Å². The van der Waals surface area contributed by atoms with Gasteiger partial charge < -0.3 is 14.8 Å². The van der Waals surface area contributed by atoms with Crippen molar-refractivity contribution in [2.24, 2.45) is 0 Å². The molecule has 1 aromatic carbocycles. The van der Waals surface area contributed by atoms with Gasteiger partial charge in [0.2, 0.25) is 0 Å². The van der Waals surface area contributed by atoms with Crippen LogP contribution in [0.4, 0.5) is 14.5 Å². The number of halogens is 3. The maximum atomic E-state index is 13.3. The molecule has 0 atom stereocenters. The van der Waals surface area contributed by atoms with E-state index in [0.717, 1.165) is 12.5 Å². The highest BCUT2D eigenvalue weighted by Gasteiger charge is 2.07. The highest BCUT2D eigenvalue weighted by Crippen LogP contribution is 2.23. The minimum absolute atomic E-state index is 0.239. The maximum Gasteiger partial charge on any atom is 0.149 e. The van der Waals surface area contributed by atoms with Crippen molar-refractivity contribution in [2.45, 2.75) is 6.42 Å². The zero-order chi connectivity index (χ0) is 13.4. The van der Waals surface area contributed by atoms with Crippen LogP contribution in [-0.4, -0.2) is 33.5 Å². The second-order valence-corrected chi connectivity index (χ2v) is 4.49. The maximum absolute atomic E-state index is 13.3. The van der Waals surface area contributed by atoms with Gasteiger partial charge in [0.25, 0.3) is 0 Å². The van der Waals surface area contributed by atoms with Crippen LogP contribution in [0.3, 0.4) is 0 Å². The summed E-state index contributed by atoms with van der Waals surface area (Å²) >= 11 is 3.01.